The molecule has 1 saturated heterocycles. The summed E-state index contributed by atoms with van der Waals surface area (Å²) in [5.41, 5.74) is 0.332. The van der Waals surface area contributed by atoms with Crippen LogP contribution >= 0.6 is 0 Å². The van der Waals surface area contributed by atoms with Crippen molar-refractivity contribution in [1.29, 1.82) is 0 Å². The number of hydrogen-bond acceptors (Lipinski definition) is 4. The van der Waals surface area contributed by atoms with Gasteiger partial charge in [-0.15, -0.1) is 0 Å². The van der Waals surface area contributed by atoms with Crippen LogP contribution in [0, 0.1) is 0 Å². The van der Waals surface area contributed by atoms with Crippen molar-refractivity contribution in [3.05, 3.63) is 23.8 Å². The van der Waals surface area contributed by atoms with Crippen molar-refractivity contribution in [3.8, 4) is 0 Å². The van der Waals surface area contributed by atoms with Crippen molar-refractivity contribution in [2.75, 3.05) is 16.8 Å². The van der Waals surface area contributed by atoms with Gasteiger partial charge in [0.05, 0.1) is 24.2 Å². The summed E-state index contributed by atoms with van der Waals surface area (Å²) in [6.07, 6.45) is -0.216. The molecule has 2 N–H and O–H groups in total. The van der Waals surface area contributed by atoms with E-state index in [4.69, 9.17) is 0 Å². The second-order valence-corrected chi connectivity index (χ2v) is 4.41. The number of amides is 2. The Labute approximate surface area is 114 Å². The molecule has 0 bridgehead atoms. The lowest BCUT2D eigenvalue weighted by Crippen LogP contribution is -2.26. The molecule has 1 fully saturated rings. The fourth-order valence-corrected chi connectivity index (χ4v) is 2.03. The van der Waals surface area contributed by atoms with Gasteiger partial charge in [-0.05, 0) is 18.2 Å². The summed E-state index contributed by atoms with van der Waals surface area (Å²) in [5.74, 6) is -2.25. The number of hydrogen-bond donors (Lipinski definition) is 2. The lowest BCUT2D eigenvalue weighted by atomic mass is 10.1. The first kappa shape index (κ1) is 13.7. The average molecular weight is 276 g/mol. The van der Waals surface area contributed by atoms with Crippen LogP contribution in [0.5, 0.6) is 0 Å². The van der Waals surface area contributed by atoms with E-state index in [1.165, 1.54) is 25.1 Å². The quantitative estimate of drug-likeness (QED) is 0.789. The van der Waals surface area contributed by atoms with Crippen molar-refractivity contribution in [1.82, 2.24) is 0 Å². The van der Waals surface area contributed by atoms with Crippen molar-refractivity contribution in [2.24, 2.45) is 0 Å². The van der Waals surface area contributed by atoms with E-state index in [-0.39, 0.29) is 35.9 Å². The van der Waals surface area contributed by atoms with E-state index < -0.39 is 11.9 Å². The van der Waals surface area contributed by atoms with Gasteiger partial charge in [0.25, 0.3) is 0 Å². The molecule has 0 saturated carbocycles. The summed E-state index contributed by atoms with van der Waals surface area (Å²) in [4.78, 5) is 46.3. The van der Waals surface area contributed by atoms with E-state index in [1.807, 2.05) is 0 Å². The highest BCUT2D eigenvalue weighted by Crippen LogP contribution is 2.27. The number of rotatable bonds is 3. The molecular weight excluding hydrogens is 264 g/mol. The molecule has 2 rings (SSSR count). The number of nitrogens with zero attached hydrogens (tertiary/aromatic N) is 1. The van der Waals surface area contributed by atoms with Gasteiger partial charge in [-0.25, -0.2) is 4.79 Å². The fraction of sp³-hybridized carbons (Fsp3) is 0.231. The lowest BCUT2D eigenvalue weighted by molar-refractivity contribution is -0.121. The number of carbonyl (C=O) groups excluding carboxylic acids is 3. The predicted molar refractivity (Wildman–Crippen MR) is 69.7 cm³/mol. The second kappa shape index (κ2) is 5.12. The highest BCUT2D eigenvalue weighted by Gasteiger charge is 2.31. The Morgan fingerprint density at radius 1 is 1.30 bits per heavy atom. The monoisotopic (exact) mass is 276 g/mol. The van der Waals surface area contributed by atoms with Gasteiger partial charge < -0.3 is 15.3 Å². The van der Waals surface area contributed by atoms with Gasteiger partial charge in [0.2, 0.25) is 11.8 Å². The minimum atomic E-state index is -1.24. The molecule has 0 atom stereocenters. The first-order valence-electron chi connectivity index (χ1n) is 5.85. The van der Waals surface area contributed by atoms with Crippen LogP contribution in [0.25, 0.3) is 0 Å². The Kier molecular flexibility index (Phi) is 3.51. The van der Waals surface area contributed by atoms with Crippen molar-refractivity contribution < 1.29 is 24.3 Å². The van der Waals surface area contributed by atoms with Gasteiger partial charge >= 0.3 is 5.97 Å². The summed E-state index contributed by atoms with van der Waals surface area (Å²) < 4.78 is 0. The van der Waals surface area contributed by atoms with Gasteiger partial charge in [-0.2, -0.15) is 0 Å². The maximum absolute atomic E-state index is 11.7. The number of carboxylic acid groups (broad SMARTS) is 1. The minimum Gasteiger partial charge on any atom is -0.478 e. The van der Waals surface area contributed by atoms with Crippen LogP contribution in [0.2, 0.25) is 0 Å². The predicted octanol–water partition coefficient (Wildman–Crippen LogP) is 0.649. The molecule has 0 unspecified atom stereocenters. The first-order valence-corrected chi connectivity index (χ1v) is 5.85. The Balaban J connectivity index is 2.43. The number of nitrogens with one attached hydrogen (secondary N) is 1. The van der Waals surface area contributed by atoms with Crippen LogP contribution in [0.1, 0.15) is 23.7 Å². The molecule has 0 aromatic heterocycles. The molecule has 0 aliphatic carbocycles. The molecule has 7 nitrogen and oxygen atoms in total. The van der Waals surface area contributed by atoms with Crippen LogP contribution < -0.4 is 10.2 Å². The van der Waals surface area contributed by atoms with Gasteiger partial charge in [0, 0.05) is 12.6 Å². The normalized spacial score (nSPS) is 14.6. The number of carbonyl (C=O) groups is 4. The molecule has 0 spiro atoms. The van der Waals surface area contributed by atoms with Crippen LogP contribution in [0.15, 0.2) is 18.2 Å². The van der Waals surface area contributed by atoms with E-state index in [9.17, 15) is 24.3 Å². The molecule has 1 aliphatic heterocycles. The van der Waals surface area contributed by atoms with Gasteiger partial charge in [0.15, 0.2) is 5.78 Å². The SMILES string of the molecule is CC(=O)Nc1ccc(N2CC(=O)CC2=O)c(C(=O)O)c1. The molecule has 20 heavy (non-hydrogen) atoms. The zero-order valence-electron chi connectivity index (χ0n) is 10.7. The van der Waals surface area contributed by atoms with E-state index in [2.05, 4.69) is 5.32 Å². The topological polar surface area (TPSA) is 104 Å². The van der Waals surface area contributed by atoms with Crippen LogP contribution in [0.4, 0.5) is 11.4 Å². The third kappa shape index (κ3) is 2.66. The third-order valence-corrected chi connectivity index (χ3v) is 2.82. The number of ketones is 1. The number of benzene rings is 1. The van der Waals surface area contributed by atoms with Gasteiger partial charge in [-0.1, -0.05) is 0 Å². The first-order chi connectivity index (χ1) is 9.38. The number of carboxylic acids is 1. The average Bonchev–Trinajstić information content (AvgIpc) is 2.67. The zero-order valence-corrected chi connectivity index (χ0v) is 10.7. The Morgan fingerprint density at radius 2 is 2.00 bits per heavy atom. The Morgan fingerprint density at radius 3 is 2.50 bits per heavy atom. The summed E-state index contributed by atoms with van der Waals surface area (Å²) in [6, 6.07) is 4.15. The standard InChI is InChI=1S/C13H12N2O5/c1-7(16)14-8-2-3-11(10(4-8)13(19)20)15-6-9(17)5-12(15)18/h2-4H,5-6H2,1H3,(H,14,16)(H,19,20). The molecule has 1 aromatic carbocycles. The minimum absolute atomic E-state index is 0.126. The van der Waals surface area contributed by atoms with E-state index in [0.29, 0.717) is 5.69 Å². The maximum Gasteiger partial charge on any atom is 0.337 e. The van der Waals surface area contributed by atoms with Gasteiger partial charge in [0.1, 0.15) is 0 Å². The van der Waals surface area contributed by atoms with Crippen molar-refractivity contribution >= 4 is 34.9 Å². The van der Waals surface area contributed by atoms with Crippen LogP contribution in [-0.2, 0) is 14.4 Å². The highest BCUT2D eigenvalue weighted by atomic mass is 16.4. The Bertz CT molecular complexity index is 623. The number of aromatic carboxylic acids is 1. The Hall–Kier alpha value is -2.70. The summed E-state index contributed by atoms with van der Waals surface area (Å²) in [7, 11) is 0. The molecule has 104 valence electrons. The third-order valence-electron chi connectivity index (χ3n) is 2.82. The molecule has 1 aliphatic rings. The van der Waals surface area contributed by atoms with Gasteiger partial charge in [-0.3, -0.25) is 14.4 Å². The number of Topliss-reactive ketones (excluding diaryl/α,β-unsaturated/α-hetero) is 1. The smallest absolute Gasteiger partial charge is 0.337 e. The summed E-state index contributed by atoms with van der Waals surface area (Å²) >= 11 is 0. The van der Waals surface area contributed by atoms with Crippen molar-refractivity contribution in [2.45, 2.75) is 13.3 Å². The molecule has 1 heterocycles. The lowest BCUT2D eigenvalue weighted by Gasteiger charge is -2.18. The van der Waals surface area contributed by atoms with E-state index >= 15 is 0 Å². The van der Waals surface area contributed by atoms with Crippen LogP contribution in [0.3, 0.4) is 0 Å². The molecule has 2 amide bonds. The zero-order chi connectivity index (χ0) is 14.9. The second-order valence-electron chi connectivity index (χ2n) is 4.41. The molecular formula is C13H12N2O5. The van der Waals surface area contributed by atoms with E-state index in [0.717, 1.165) is 4.90 Å². The maximum atomic E-state index is 11.7. The van der Waals surface area contributed by atoms with Crippen LogP contribution in [-0.4, -0.2) is 35.2 Å². The molecule has 7 heteroatoms. The van der Waals surface area contributed by atoms with E-state index in [1.54, 1.807) is 0 Å². The fourth-order valence-electron chi connectivity index (χ4n) is 2.03. The summed E-state index contributed by atoms with van der Waals surface area (Å²) in [5, 5.41) is 11.7. The molecule has 1 aromatic rings. The molecule has 0 radical (unpaired) electrons. The van der Waals surface area contributed by atoms with Crippen molar-refractivity contribution in [3.63, 3.8) is 0 Å². The summed E-state index contributed by atoms with van der Waals surface area (Å²) in [6.45, 7) is 1.18. The largest absolute Gasteiger partial charge is 0.478 e. The highest BCUT2D eigenvalue weighted by molar-refractivity contribution is 6.16. The number of anilines is 2.